The van der Waals surface area contributed by atoms with E-state index in [4.69, 9.17) is 11.6 Å². The van der Waals surface area contributed by atoms with Crippen LogP contribution in [0.2, 0.25) is 4.34 Å². The van der Waals surface area contributed by atoms with Crippen molar-refractivity contribution >= 4 is 55.5 Å². The number of rotatable bonds is 4. The number of anilines is 1. The summed E-state index contributed by atoms with van der Waals surface area (Å²) in [6.07, 6.45) is 2.78. The molecule has 20 heavy (non-hydrogen) atoms. The first-order chi connectivity index (χ1) is 9.74. The minimum atomic E-state index is 0.840. The number of benzene rings is 1. The van der Waals surface area contributed by atoms with Crippen LogP contribution < -0.4 is 5.32 Å². The molecule has 0 aliphatic carbocycles. The SMILES string of the molecule is Clc1ccc(CCNc2nccc3c(Br)cccc23)s1. The van der Waals surface area contributed by atoms with Crippen LogP contribution in [0, 0.1) is 0 Å². The van der Waals surface area contributed by atoms with Gasteiger partial charge in [-0.05, 0) is 30.7 Å². The Hall–Kier alpha value is -1.10. The van der Waals surface area contributed by atoms with Crippen molar-refractivity contribution in [3.8, 4) is 0 Å². The van der Waals surface area contributed by atoms with Gasteiger partial charge in [0.25, 0.3) is 0 Å². The number of halogens is 2. The highest BCUT2D eigenvalue weighted by atomic mass is 79.9. The van der Waals surface area contributed by atoms with Gasteiger partial charge >= 0.3 is 0 Å². The Morgan fingerprint density at radius 3 is 2.85 bits per heavy atom. The lowest BCUT2D eigenvalue weighted by Gasteiger charge is -2.09. The van der Waals surface area contributed by atoms with Crippen molar-refractivity contribution in [1.29, 1.82) is 0 Å². The lowest BCUT2D eigenvalue weighted by molar-refractivity contribution is 1.03. The summed E-state index contributed by atoms with van der Waals surface area (Å²) < 4.78 is 1.93. The van der Waals surface area contributed by atoms with Crippen molar-refractivity contribution in [2.45, 2.75) is 6.42 Å². The molecule has 5 heteroatoms. The van der Waals surface area contributed by atoms with Crippen LogP contribution in [0.5, 0.6) is 0 Å². The van der Waals surface area contributed by atoms with E-state index in [1.165, 1.54) is 10.3 Å². The van der Waals surface area contributed by atoms with Gasteiger partial charge in [0, 0.05) is 32.9 Å². The van der Waals surface area contributed by atoms with Crippen LogP contribution in [0.25, 0.3) is 10.8 Å². The molecule has 102 valence electrons. The van der Waals surface area contributed by atoms with Crippen LogP contribution in [0.15, 0.2) is 47.1 Å². The maximum Gasteiger partial charge on any atom is 0.133 e. The predicted octanol–water partition coefficient (Wildman–Crippen LogP) is 5.37. The van der Waals surface area contributed by atoms with Gasteiger partial charge in [0.15, 0.2) is 0 Å². The number of hydrogen-bond donors (Lipinski definition) is 1. The van der Waals surface area contributed by atoms with Gasteiger partial charge < -0.3 is 5.32 Å². The summed E-state index contributed by atoms with van der Waals surface area (Å²) in [5.74, 6) is 0.923. The molecule has 0 atom stereocenters. The third kappa shape index (κ3) is 2.97. The summed E-state index contributed by atoms with van der Waals surface area (Å²) in [5, 5.41) is 5.71. The van der Waals surface area contributed by atoms with Crippen molar-refractivity contribution in [3.63, 3.8) is 0 Å². The zero-order valence-electron chi connectivity index (χ0n) is 10.6. The van der Waals surface area contributed by atoms with Gasteiger partial charge in [-0.2, -0.15) is 0 Å². The smallest absolute Gasteiger partial charge is 0.133 e. The molecule has 0 spiro atoms. The second-order valence-electron chi connectivity index (χ2n) is 4.38. The molecule has 3 aromatic rings. The van der Waals surface area contributed by atoms with E-state index in [2.05, 4.69) is 38.4 Å². The first-order valence-corrected chi connectivity index (χ1v) is 8.24. The van der Waals surface area contributed by atoms with Crippen molar-refractivity contribution in [3.05, 3.63) is 56.3 Å². The Kier molecular flexibility index (Phi) is 4.24. The molecule has 0 saturated carbocycles. The van der Waals surface area contributed by atoms with E-state index in [0.717, 1.165) is 33.0 Å². The maximum absolute atomic E-state index is 5.93. The Morgan fingerprint density at radius 1 is 1.15 bits per heavy atom. The van der Waals surface area contributed by atoms with Crippen molar-refractivity contribution < 1.29 is 0 Å². The van der Waals surface area contributed by atoms with Crippen LogP contribution in [0.4, 0.5) is 5.82 Å². The Labute approximate surface area is 134 Å². The van der Waals surface area contributed by atoms with Crippen LogP contribution in [-0.4, -0.2) is 11.5 Å². The normalized spacial score (nSPS) is 10.9. The van der Waals surface area contributed by atoms with Gasteiger partial charge in [-0.1, -0.05) is 39.7 Å². The number of aromatic nitrogens is 1. The van der Waals surface area contributed by atoms with Crippen LogP contribution in [-0.2, 0) is 6.42 Å². The summed E-state index contributed by atoms with van der Waals surface area (Å²) >= 11 is 11.1. The molecule has 1 aromatic carbocycles. The van der Waals surface area contributed by atoms with E-state index in [9.17, 15) is 0 Å². The van der Waals surface area contributed by atoms with Gasteiger partial charge in [0.05, 0.1) is 4.34 Å². The van der Waals surface area contributed by atoms with Gasteiger partial charge in [-0.25, -0.2) is 4.98 Å². The first kappa shape index (κ1) is 13.9. The fourth-order valence-electron chi connectivity index (χ4n) is 2.10. The molecule has 0 amide bonds. The molecule has 3 rings (SSSR count). The molecule has 1 N–H and O–H groups in total. The predicted molar refractivity (Wildman–Crippen MR) is 91.0 cm³/mol. The molecular weight excluding hydrogens is 356 g/mol. The number of hydrogen-bond acceptors (Lipinski definition) is 3. The zero-order chi connectivity index (χ0) is 13.9. The molecular formula is C15H12BrClN2S. The van der Waals surface area contributed by atoms with Crippen molar-refractivity contribution in [2.75, 3.05) is 11.9 Å². The molecule has 0 bridgehead atoms. The highest BCUT2D eigenvalue weighted by Crippen LogP contribution is 2.27. The van der Waals surface area contributed by atoms with Crippen molar-refractivity contribution in [2.24, 2.45) is 0 Å². The van der Waals surface area contributed by atoms with Crippen LogP contribution in [0.1, 0.15) is 4.88 Å². The van der Waals surface area contributed by atoms with Gasteiger partial charge in [0.1, 0.15) is 5.82 Å². The number of thiophene rings is 1. The molecule has 0 unspecified atom stereocenters. The molecule has 0 aliphatic rings. The Balaban J connectivity index is 1.76. The van der Waals surface area contributed by atoms with E-state index in [-0.39, 0.29) is 0 Å². The average molecular weight is 368 g/mol. The first-order valence-electron chi connectivity index (χ1n) is 6.25. The monoisotopic (exact) mass is 366 g/mol. The van der Waals surface area contributed by atoms with E-state index in [1.807, 2.05) is 30.5 Å². The largest absolute Gasteiger partial charge is 0.369 e. The summed E-state index contributed by atoms with van der Waals surface area (Å²) in [7, 11) is 0. The molecule has 2 heterocycles. The standard InChI is InChI=1S/C15H12BrClN2S/c16-13-3-1-2-12-11(13)7-9-19-15(12)18-8-6-10-4-5-14(17)20-10/h1-5,7,9H,6,8H2,(H,18,19). The van der Waals surface area contributed by atoms with E-state index >= 15 is 0 Å². The van der Waals surface area contributed by atoms with Crippen LogP contribution >= 0.6 is 38.9 Å². The molecule has 0 saturated heterocycles. The maximum atomic E-state index is 5.93. The Bertz CT molecular complexity index is 742. The van der Waals surface area contributed by atoms with Gasteiger partial charge in [-0.3, -0.25) is 0 Å². The van der Waals surface area contributed by atoms with Crippen molar-refractivity contribution in [1.82, 2.24) is 4.98 Å². The fourth-order valence-corrected chi connectivity index (χ4v) is 3.69. The second-order valence-corrected chi connectivity index (χ2v) is 7.03. The highest BCUT2D eigenvalue weighted by Gasteiger charge is 2.04. The minimum absolute atomic E-state index is 0.840. The fraction of sp³-hybridized carbons (Fsp3) is 0.133. The molecule has 0 radical (unpaired) electrons. The minimum Gasteiger partial charge on any atom is -0.369 e. The highest BCUT2D eigenvalue weighted by molar-refractivity contribution is 9.10. The lowest BCUT2D eigenvalue weighted by Crippen LogP contribution is -2.05. The lowest BCUT2D eigenvalue weighted by atomic mass is 10.1. The quantitative estimate of drug-likeness (QED) is 0.671. The topological polar surface area (TPSA) is 24.9 Å². The average Bonchev–Trinajstić information content (AvgIpc) is 2.86. The molecule has 2 nitrogen and oxygen atoms in total. The number of nitrogens with one attached hydrogen (secondary N) is 1. The number of nitrogens with zero attached hydrogens (tertiary/aromatic N) is 1. The zero-order valence-corrected chi connectivity index (χ0v) is 13.7. The van der Waals surface area contributed by atoms with Gasteiger partial charge in [-0.15, -0.1) is 11.3 Å². The number of fused-ring (bicyclic) bond motifs is 1. The van der Waals surface area contributed by atoms with E-state index in [0.29, 0.717) is 0 Å². The molecule has 2 aromatic heterocycles. The number of pyridine rings is 1. The Morgan fingerprint density at radius 2 is 2.05 bits per heavy atom. The third-order valence-electron chi connectivity index (χ3n) is 3.05. The van der Waals surface area contributed by atoms with E-state index in [1.54, 1.807) is 11.3 Å². The van der Waals surface area contributed by atoms with Gasteiger partial charge in [0.2, 0.25) is 0 Å². The van der Waals surface area contributed by atoms with Crippen LogP contribution in [0.3, 0.4) is 0 Å². The molecule has 0 aliphatic heterocycles. The summed E-state index contributed by atoms with van der Waals surface area (Å²) in [6.45, 7) is 0.843. The molecule has 0 fully saturated rings. The second kappa shape index (κ2) is 6.12. The summed E-state index contributed by atoms with van der Waals surface area (Å²) in [4.78, 5) is 5.71. The third-order valence-corrected chi connectivity index (χ3v) is 5.03. The summed E-state index contributed by atoms with van der Waals surface area (Å²) in [6, 6.07) is 12.2. The van der Waals surface area contributed by atoms with E-state index < -0.39 is 0 Å². The summed E-state index contributed by atoms with van der Waals surface area (Å²) in [5.41, 5.74) is 0.